The Morgan fingerprint density at radius 2 is 2.10 bits per heavy atom. The lowest BCUT2D eigenvalue weighted by Gasteiger charge is -2.33. The summed E-state index contributed by atoms with van der Waals surface area (Å²) < 4.78 is 13.9. The number of carbonyl (C=O) groups is 1. The summed E-state index contributed by atoms with van der Waals surface area (Å²) in [5.41, 5.74) is 0.401. The number of rotatable bonds is 4. The number of benzene rings is 1. The maximum absolute atomic E-state index is 13.6. The van der Waals surface area contributed by atoms with Gasteiger partial charge < -0.3 is 10.2 Å². The highest BCUT2D eigenvalue weighted by atomic mass is 79.9. The van der Waals surface area contributed by atoms with Crippen LogP contribution in [-0.2, 0) is 0 Å². The Morgan fingerprint density at radius 3 is 2.71 bits per heavy atom. The van der Waals surface area contributed by atoms with Gasteiger partial charge in [-0.25, -0.2) is 4.39 Å². The van der Waals surface area contributed by atoms with E-state index in [1.54, 1.807) is 12.1 Å². The second-order valence-corrected chi connectivity index (χ2v) is 6.64. The minimum absolute atomic E-state index is 0.0996. The molecule has 1 amide bonds. The van der Waals surface area contributed by atoms with Crippen molar-refractivity contribution in [1.82, 2.24) is 10.2 Å². The van der Waals surface area contributed by atoms with Crippen LogP contribution in [-0.4, -0.2) is 36.5 Å². The predicted octanol–water partition coefficient (Wildman–Crippen LogP) is 3.44. The van der Waals surface area contributed by atoms with E-state index in [4.69, 9.17) is 0 Å². The van der Waals surface area contributed by atoms with Gasteiger partial charge in [0.25, 0.3) is 5.91 Å². The number of hydrogen-bond acceptors (Lipinski definition) is 2. The van der Waals surface area contributed by atoms with E-state index in [1.165, 1.54) is 6.07 Å². The smallest absolute Gasteiger partial charge is 0.255 e. The van der Waals surface area contributed by atoms with E-state index in [1.807, 2.05) is 18.7 Å². The summed E-state index contributed by atoms with van der Waals surface area (Å²) in [6, 6.07) is 4.71. The third kappa shape index (κ3) is 4.04. The van der Waals surface area contributed by atoms with Gasteiger partial charge in [0.1, 0.15) is 5.82 Å². The van der Waals surface area contributed by atoms with Crippen molar-refractivity contribution < 1.29 is 9.18 Å². The number of nitrogens with zero attached hydrogens (tertiary/aromatic N) is 1. The Balaban J connectivity index is 2.17. The highest BCUT2D eigenvalue weighted by molar-refractivity contribution is 9.10. The highest BCUT2D eigenvalue weighted by Crippen LogP contribution is 2.24. The normalized spacial score (nSPS) is 16.2. The summed E-state index contributed by atoms with van der Waals surface area (Å²) in [4.78, 5) is 14.6. The molecule has 0 aromatic heterocycles. The fraction of sp³-hybridized carbons (Fsp3) is 0.562. The molecule has 3 nitrogen and oxygen atoms in total. The fourth-order valence-electron chi connectivity index (χ4n) is 2.69. The molecule has 21 heavy (non-hydrogen) atoms. The molecule has 116 valence electrons. The Hall–Kier alpha value is -0.940. The zero-order chi connectivity index (χ0) is 15.4. The zero-order valence-electron chi connectivity index (χ0n) is 12.5. The summed E-state index contributed by atoms with van der Waals surface area (Å²) in [6.45, 7) is 6.77. The third-order valence-corrected chi connectivity index (χ3v) is 4.79. The average Bonchev–Trinajstić information content (AvgIpc) is 2.48. The first-order chi connectivity index (χ1) is 10.0. The molecule has 0 saturated carbocycles. The standard InChI is InChI=1S/C16H22BrFN2O/c1-11(2)20(10-12-6-8-19-9-7-12)16(21)13-4-3-5-14(18)15(13)17/h3-5,11-12,19H,6-10H2,1-2H3. The van der Waals surface area contributed by atoms with Crippen molar-refractivity contribution in [2.75, 3.05) is 19.6 Å². The first kappa shape index (κ1) is 16.4. The van der Waals surface area contributed by atoms with Gasteiger partial charge in [0.05, 0.1) is 10.0 Å². The fourth-order valence-corrected chi connectivity index (χ4v) is 3.13. The molecule has 1 heterocycles. The van der Waals surface area contributed by atoms with Crippen molar-refractivity contribution >= 4 is 21.8 Å². The largest absolute Gasteiger partial charge is 0.336 e. The third-order valence-electron chi connectivity index (χ3n) is 3.98. The van der Waals surface area contributed by atoms with Gasteiger partial charge >= 0.3 is 0 Å². The van der Waals surface area contributed by atoms with Gasteiger partial charge in [-0.3, -0.25) is 4.79 Å². The molecular formula is C16H22BrFN2O. The van der Waals surface area contributed by atoms with E-state index in [2.05, 4.69) is 21.2 Å². The molecule has 1 aliphatic rings. The lowest BCUT2D eigenvalue weighted by Crippen LogP contribution is -2.43. The quantitative estimate of drug-likeness (QED) is 0.895. The van der Waals surface area contributed by atoms with E-state index in [-0.39, 0.29) is 16.4 Å². The van der Waals surface area contributed by atoms with Gasteiger partial charge in [-0.2, -0.15) is 0 Å². The minimum atomic E-state index is -0.397. The molecule has 1 aromatic carbocycles. The van der Waals surface area contributed by atoms with E-state index in [9.17, 15) is 9.18 Å². The maximum atomic E-state index is 13.6. The molecule has 5 heteroatoms. The van der Waals surface area contributed by atoms with Crippen LogP contribution >= 0.6 is 15.9 Å². The predicted molar refractivity (Wildman–Crippen MR) is 85.9 cm³/mol. The molecule has 0 radical (unpaired) electrons. The molecule has 0 aliphatic carbocycles. The zero-order valence-corrected chi connectivity index (χ0v) is 14.1. The Bertz CT molecular complexity index is 501. The van der Waals surface area contributed by atoms with Gasteiger partial charge in [0, 0.05) is 12.6 Å². The molecule has 1 aliphatic heterocycles. The second kappa shape index (κ2) is 7.36. The molecule has 0 bridgehead atoms. The van der Waals surface area contributed by atoms with Crippen LogP contribution in [0.1, 0.15) is 37.0 Å². The first-order valence-corrected chi connectivity index (χ1v) is 8.25. The number of hydrogen-bond donors (Lipinski definition) is 1. The van der Waals surface area contributed by atoms with Crippen LogP contribution < -0.4 is 5.32 Å². The molecule has 1 fully saturated rings. The summed E-state index contributed by atoms with van der Waals surface area (Å²) in [5.74, 6) is 0.0197. The number of amides is 1. The van der Waals surface area contributed by atoms with Gasteiger partial charge in [-0.05, 0) is 73.8 Å². The molecule has 1 N–H and O–H groups in total. The van der Waals surface area contributed by atoms with E-state index in [0.29, 0.717) is 11.5 Å². The Labute approximate surface area is 134 Å². The summed E-state index contributed by atoms with van der Waals surface area (Å²) in [6.07, 6.45) is 2.17. The van der Waals surface area contributed by atoms with Crippen LogP contribution in [0.2, 0.25) is 0 Å². The van der Waals surface area contributed by atoms with Crippen LogP contribution in [0.15, 0.2) is 22.7 Å². The van der Waals surface area contributed by atoms with E-state index < -0.39 is 5.82 Å². The molecule has 0 unspecified atom stereocenters. The van der Waals surface area contributed by atoms with E-state index >= 15 is 0 Å². The second-order valence-electron chi connectivity index (χ2n) is 5.85. The van der Waals surface area contributed by atoms with Crippen molar-refractivity contribution in [2.24, 2.45) is 5.92 Å². The lowest BCUT2D eigenvalue weighted by molar-refractivity contribution is 0.0656. The maximum Gasteiger partial charge on any atom is 0.255 e. The number of carbonyl (C=O) groups excluding carboxylic acids is 1. The average molecular weight is 357 g/mol. The van der Waals surface area contributed by atoms with Gasteiger partial charge in [0.2, 0.25) is 0 Å². The first-order valence-electron chi connectivity index (χ1n) is 7.46. The molecule has 0 spiro atoms. The summed E-state index contributed by atoms with van der Waals surface area (Å²) >= 11 is 3.19. The van der Waals surface area contributed by atoms with Crippen molar-refractivity contribution in [2.45, 2.75) is 32.7 Å². The lowest BCUT2D eigenvalue weighted by atomic mass is 9.96. The van der Waals surface area contributed by atoms with Gasteiger partial charge in [0.15, 0.2) is 0 Å². The van der Waals surface area contributed by atoms with Crippen molar-refractivity contribution in [1.29, 1.82) is 0 Å². The van der Waals surface area contributed by atoms with Crippen LogP contribution in [0.4, 0.5) is 4.39 Å². The molecule has 1 aromatic rings. The molecule has 1 saturated heterocycles. The van der Waals surface area contributed by atoms with Crippen LogP contribution in [0.5, 0.6) is 0 Å². The Morgan fingerprint density at radius 1 is 1.43 bits per heavy atom. The van der Waals surface area contributed by atoms with Crippen LogP contribution in [0.3, 0.4) is 0 Å². The van der Waals surface area contributed by atoms with Crippen molar-refractivity contribution in [3.05, 3.63) is 34.1 Å². The minimum Gasteiger partial charge on any atom is -0.336 e. The van der Waals surface area contributed by atoms with Gasteiger partial charge in [-0.15, -0.1) is 0 Å². The number of piperidine rings is 1. The molecule has 2 rings (SSSR count). The highest BCUT2D eigenvalue weighted by Gasteiger charge is 2.25. The SMILES string of the molecule is CC(C)N(CC1CCNCC1)C(=O)c1cccc(F)c1Br. The van der Waals surface area contributed by atoms with Crippen LogP contribution in [0.25, 0.3) is 0 Å². The van der Waals surface area contributed by atoms with Crippen molar-refractivity contribution in [3.8, 4) is 0 Å². The van der Waals surface area contributed by atoms with Gasteiger partial charge in [-0.1, -0.05) is 6.07 Å². The Kier molecular flexibility index (Phi) is 5.76. The molecular weight excluding hydrogens is 335 g/mol. The van der Waals surface area contributed by atoms with E-state index in [0.717, 1.165) is 32.5 Å². The van der Waals surface area contributed by atoms with Crippen molar-refractivity contribution in [3.63, 3.8) is 0 Å². The number of nitrogens with one attached hydrogen (secondary N) is 1. The number of halogens is 2. The topological polar surface area (TPSA) is 32.3 Å². The monoisotopic (exact) mass is 356 g/mol. The summed E-state index contributed by atoms with van der Waals surface area (Å²) in [7, 11) is 0. The summed E-state index contributed by atoms with van der Waals surface area (Å²) in [5, 5.41) is 3.33. The molecule has 0 atom stereocenters. The van der Waals surface area contributed by atoms with Crippen LogP contribution in [0, 0.1) is 11.7 Å².